The Bertz CT molecular complexity index is 1020. The van der Waals surface area contributed by atoms with Gasteiger partial charge in [0.1, 0.15) is 11.6 Å². The second-order valence-electron chi connectivity index (χ2n) is 7.71. The molecule has 0 aliphatic carbocycles. The van der Waals surface area contributed by atoms with Gasteiger partial charge >= 0.3 is 0 Å². The molecule has 0 spiro atoms. The maximum Gasteiger partial charge on any atom is 0.276 e. The van der Waals surface area contributed by atoms with Gasteiger partial charge in [-0.3, -0.25) is 19.7 Å². The number of nitrogens with one attached hydrogen (secondary N) is 1. The van der Waals surface area contributed by atoms with Gasteiger partial charge in [-0.05, 0) is 38.3 Å². The van der Waals surface area contributed by atoms with Crippen LogP contribution in [0.25, 0.3) is 0 Å². The lowest BCUT2D eigenvalue weighted by Gasteiger charge is -2.22. The van der Waals surface area contributed by atoms with E-state index >= 15 is 0 Å². The molecule has 170 valence electrons. The zero-order valence-electron chi connectivity index (χ0n) is 18.1. The van der Waals surface area contributed by atoms with Crippen LogP contribution in [0.1, 0.15) is 53.7 Å². The van der Waals surface area contributed by atoms with Gasteiger partial charge in [-0.15, -0.1) is 0 Å². The Morgan fingerprint density at radius 2 is 1.94 bits per heavy atom. The maximum atomic E-state index is 14.1. The van der Waals surface area contributed by atoms with Crippen molar-refractivity contribution in [2.75, 3.05) is 19.7 Å². The molecule has 1 heterocycles. The Labute approximate surface area is 185 Å². The van der Waals surface area contributed by atoms with Crippen molar-refractivity contribution in [3.8, 4) is 5.75 Å². The van der Waals surface area contributed by atoms with E-state index in [2.05, 4.69) is 5.32 Å². The summed E-state index contributed by atoms with van der Waals surface area (Å²) in [5.74, 6) is -1.08. The minimum absolute atomic E-state index is 0.0863. The number of carbonyl (C=O) groups is 2. The molecule has 1 N–H and O–H groups in total. The van der Waals surface area contributed by atoms with Crippen LogP contribution < -0.4 is 10.1 Å². The SMILES string of the molecule is CCC(NC(=O)c1cc(F)c(C)c([N+](=O)[O-])c1)c1ccccc1OCC(=O)N1CCCC1. The summed E-state index contributed by atoms with van der Waals surface area (Å²) in [7, 11) is 0. The molecule has 8 nitrogen and oxygen atoms in total. The van der Waals surface area contributed by atoms with Crippen LogP contribution in [0.15, 0.2) is 36.4 Å². The lowest BCUT2D eigenvalue weighted by molar-refractivity contribution is -0.385. The van der Waals surface area contributed by atoms with E-state index in [1.165, 1.54) is 6.92 Å². The highest BCUT2D eigenvalue weighted by molar-refractivity contribution is 5.95. The number of halogens is 1. The van der Waals surface area contributed by atoms with Crippen molar-refractivity contribution in [3.63, 3.8) is 0 Å². The predicted molar refractivity (Wildman–Crippen MR) is 116 cm³/mol. The van der Waals surface area contributed by atoms with E-state index in [0.717, 1.165) is 38.1 Å². The van der Waals surface area contributed by atoms with Crippen molar-refractivity contribution < 1.29 is 23.6 Å². The Morgan fingerprint density at radius 1 is 1.25 bits per heavy atom. The summed E-state index contributed by atoms with van der Waals surface area (Å²) >= 11 is 0. The summed E-state index contributed by atoms with van der Waals surface area (Å²) in [4.78, 5) is 37.3. The average Bonchev–Trinajstić information content (AvgIpc) is 3.32. The van der Waals surface area contributed by atoms with Crippen LogP contribution in [-0.2, 0) is 4.79 Å². The van der Waals surface area contributed by atoms with Crippen molar-refractivity contribution in [2.24, 2.45) is 0 Å². The van der Waals surface area contributed by atoms with Crippen LogP contribution in [0.3, 0.4) is 0 Å². The van der Waals surface area contributed by atoms with Gasteiger partial charge in [0, 0.05) is 30.3 Å². The Hall–Kier alpha value is -3.49. The van der Waals surface area contributed by atoms with Crippen molar-refractivity contribution in [3.05, 3.63) is 69.0 Å². The first-order valence-corrected chi connectivity index (χ1v) is 10.6. The van der Waals surface area contributed by atoms with Gasteiger partial charge in [-0.2, -0.15) is 0 Å². The van der Waals surface area contributed by atoms with Crippen LogP contribution in [0.2, 0.25) is 0 Å². The number of benzene rings is 2. The molecule has 1 saturated heterocycles. The predicted octanol–water partition coefficient (Wildman–Crippen LogP) is 3.92. The third-order valence-electron chi connectivity index (χ3n) is 5.59. The fourth-order valence-electron chi connectivity index (χ4n) is 3.72. The molecule has 1 aliphatic heterocycles. The van der Waals surface area contributed by atoms with E-state index in [0.29, 0.717) is 17.7 Å². The summed E-state index contributed by atoms with van der Waals surface area (Å²) in [5, 5.41) is 14.0. The zero-order chi connectivity index (χ0) is 23.3. The van der Waals surface area contributed by atoms with Crippen molar-refractivity contribution in [1.29, 1.82) is 0 Å². The van der Waals surface area contributed by atoms with Crippen LogP contribution in [0, 0.1) is 22.9 Å². The number of likely N-dealkylation sites (tertiary alicyclic amines) is 1. The average molecular weight is 443 g/mol. The Kier molecular flexibility index (Phi) is 7.40. The molecule has 32 heavy (non-hydrogen) atoms. The lowest BCUT2D eigenvalue weighted by Crippen LogP contribution is -2.32. The largest absolute Gasteiger partial charge is 0.483 e. The van der Waals surface area contributed by atoms with Crippen LogP contribution in [0.4, 0.5) is 10.1 Å². The second kappa shape index (κ2) is 10.2. The highest BCUT2D eigenvalue weighted by atomic mass is 19.1. The number of carbonyl (C=O) groups excluding carboxylic acids is 2. The van der Waals surface area contributed by atoms with E-state index in [4.69, 9.17) is 4.74 Å². The summed E-state index contributed by atoms with van der Waals surface area (Å²) in [6.07, 6.45) is 2.47. The fourth-order valence-corrected chi connectivity index (χ4v) is 3.72. The first kappa shape index (κ1) is 23.2. The smallest absolute Gasteiger partial charge is 0.276 e. The third-order valence-corrected chi connectivity index (χ3v) is 5.59. The molecule has 1 aliphatic rings. The minimum Gasteiger partial charge on any atom is -0.483 e. The monoisotopic (exact) mass is 443 g/mol. The minimum atomic E-state index is -0.818. The molecule has 0 radical (unpaired) electrons. The van der Waals surface area contributed by atoms with Crippen molar-refractivity contribution in [1.82, 2.24) is 10.2 Å². The summed E-state index contributed by atoms with van der Waals surface area (Å²) in [5.41, 5.74) is -0.0483. The first-order valence-electron chi connectivity index (χ1n) is 10.6. The van der Waals surface area contributed by atoms with Gasteiger partial charge in [-0.25, -0.2) is 4.39 Å². The fraction of sp³-hybridized carbons (Fsp3) is 0.391. The number of nitrogens with zero attached hydrogens (tertiary/aromatic N) is 2. The summed E-state index contributed by atoms with van der Waals surface area (Å²) in [6.45, 7) is 4.51. The molecule has 0 saturated carbocycles. The Balaban J connectivity index is 1.76. The molecule has 2 amide bonds. The third kappa shape index (κ3) is 5.22. The first-order chi connectivity index (χ1) is 15.3. The van der Waals surface area contributed by atoms with Crippen molar-refractivity contribution in [2.45, 2.75) is 39.2 Å². The number of nitro groups is 1. The number of para-hydroxylation sites is 1. The normalized spacial score (nSPS) is 14.2. The number of amides is 2. The van der Waals surface area contributed by atoms with Gasteiger partial charge in [0.05, 0.1) is 16.5 Å². The molecule has 0 bridgehead atoms. The van der Waals surface area contributed by atoms with Gasteiger partial charge in [0.25, 0.3) is 17.5 Å². The summed E-state index contributed by atoms with van der Waals surface area (Å²) in [6, 6.07) is 8.62. The van der Waals surface area contributed by atoms with Crippen LogP contribution >= 0.6 is 0 Å². The van der Waals surface area contributed by atoms with E-state index in [1.54, 1.807) is 29.2 Å². The van der Waals surface area contributed by atoms with Gasteiger partial charge < -0.3 is 15.0 Å². The molecule has 9 heteroatoms. The molecule has 1 fully saturated rings. The van der Waals surface area contributed by atoms with E-state index in [9.17, 15) is 24.1 Å². The van der Waals surface area contributed by atoms with Crippen molar-refractivity contribution >= 4 is 17.5 Å². The van der Waals surface area contributed by atoms with E-state index in [1.807, 2.05) is 6.92 Å². The van der Waals surface area contributed by atoms with Gasteiger partial charge in [0.2, 0.25) is 0 Å². The molecular formula is C23H26FN3O5. The number of nitro benzene ring substituents is 1. The molecule has 1 unspecified atom stereocenters. The second-order valence-corrected chi connectivity index (χ2v) is 7.71. The molecule has 2 aromatic rings. The number of hydrogen-bond acceptors (Lipinski definition) is 5. The van der Waals surface area contributed by atoms with Gasteiger partial charge in [-0.1, -0.05) is 25.1 Å². The summed E-state index contributed by atoms with van der Waals surface area (Å²) < 4.78 is 19.9. The highest BCUT2D eigenvalue weighted by Gasteiger charge is 2.23. The topological polar surface area (TPSA) is 102 Å². The molecule has 1 atom stereocenters. The molecule has 2 aromatic carbocycles. The Morgan fingerprint density at radius 3 is 2.59 bits per heavy atom. The van der Waals surface area contributed by atoms with Gasteiger partial charge in [0.15, 0.2) is 6.61 Å². The number of ether oxygens (including phenoxy) is 1. The highest BCUT2D eigenvalue weighted by Crippen LogP contribution is 2.29. The van der Waals surface area contributed by atoms with Crippen LogP contribution in [-0.4, -0.2) is 41.3 Å². The standard InChI is InChI=1S/C23H26FN3O5/c1-3-19(25-23(29)16-12-18(24)15(2)20(13-16)27(30)31)17-8-4-5-9-21(17)32-14-22(28)26-10-6-7-11-26/h4-5,8-9,12-13,19H,3,6-7,10-11,14H2,1-2H3,(H,25,29). The lowest BCUT2D eigenvalue weighted by atomic mass is 10.0. The van der Waals surface area contributed by atoms with E-state index < -0.39 is 28.4 Å². The molecule has 0 aromatic heterocycles. The quantitative estimate of drug-likeness (QED) is 0.492. The molecule has 3 rings (SSSR count). The van der Waals surface area contributed by atoms with Crippen LogP contribution in [0.5, 0.6) is 5.75 Å². The molecular weight excluding hydrogens is 417 g/mol. The number of rotatable bonds is 8. The zero-order valence-corrected chi connectivity index (χ0v) is 18.1. The maximum absolute atomic E-state index is 14.1. The van der Waals surface area contributed by atoms with E-state index in [-0.39, 0.29) is 23.6 Å². The number of hydrogen-bond donors (Lipinski definition) is 1.